The zero-order chi connectivity index (χ0) is 21.7. The minimum absolute atomic E-state index is 0.0864. The lowest BCUT2D eigenvalue weighted by Crippen LogP contribution is -2.43. The Bertz CT molecular complexity index is 856. The zero-order valence-corrected chi connectivity index (χ0v) is 19.0. The molecule has 7 heteroatoms. The van der Waals surface area contributed by atoms with Crippen LogP contribution in [-0.4, -0.2) is 35.8 Å². The molecule has 1 saturated heterocycles. The lowest BCUT2D eigenvalue weighted by atomic mass is 10.1. The zero-order valence-electron chi connectivity index (χ0n) is 17.5. The van der Waals surface area contributed by atoms with E-state index in [4.69, 9.17) is 37.4 Å². The van der Waals surface area contributed by atoms with E-state index in [2.05, 4.69) is 0 Å². The highest BCUT2D eigenvalue weighted by molar-refractivity contribution is 6.31. The van der Waals surface area contributed by atoms with Gasteiger partial charge in [-0.3, -0.25) is 0 Å². The molecule has 0 bridgehead atoms. The number of carbonyl (C=O) groups excluding carboxylic acids is 1. The van der Waals surface area contributed by atoms with Crippen LogP contribution in [0.1, 0.15) is 39.2 Å². The van der Waals surface area contributed by atoms with Crippen LogP contribution in [-0.2, 0) is 16.1 Å². The van der Waals surface area contributed by atoms with E-state index in [0.717, 1.165) is 18.4 Å². The minimum Gasteiger partial charge on any atom is -0.457 e. The van der Waals surface area contributed by atoms with Gasteiger partial charge in [0.05, 0.1) is 12.7 Å². The fourth-order valence-corrected chi connectivity index (χ4v) is 3.52. The van der Waals surface area contributed by atoms with Gasteiger partial charge >= 0.3 is 6.09 Å². The maximum absolute atomic E-state index is 12.2. The Balaban J connectivity index is 1.51. The average molecular weight is 452 g/mol. The van der Waals surface area contributed by atoms with Crippen LogP contribution in [0.5, 0.6) is 11.5 Å². The van der Waals surface area contributed by atoms with Gasteiger partial charge in [0.25, 0.3) is 0 Å². The molecule has 1 heterocycles. The summed E-state index contributed by atoms with van der Waals surface area (Å²) in [6, 6.07) is 12.7. The highest BCUT2D eigenvalue weighted by Gasteiger charge is 2.27. The normalized spacial score (nSPS) is 15.2. The summed E-state index contributed by atoms with van der Waals surface area (Å²) in [7, 11) is 0. The van der Waals surface area contributed by atoms with Crippen LogP contribution in [0.4, 0.5) is 4.79 Å². The third-order valence-corrected chi connectivity index (χ3v) is 5.03. The molecule has 1 aliphatic heterocycles. The molecule has 1 aliphatic rings. The Morgan fingerprint density at radius 2 is 1.67 bits per heavy atom. The molecule has 0 saturated carbocycles. The van der Waals surface area contributed by atoms with Crippen LogP contribution in [0.2, 0.25) is 10.0 Å². The maximum Gasteiger partial charge on any atom is 0.410 e. The second-order valence-electron chi connectivity index (χ2n) is 8.33. The highest BCUT2D eigenvalue weighted by atomic mass is 35.5. The molecule has 0 aliphatic carbocycles. The van der Waals surface area contributed by atoms with Gasteiger partial charge in [0.1, 0.15) is 17.1 Å². The lowest BCUT2D eigenvalue weighted by Gasteiger charge is -2.33. The monoisotopic (exact) mass is 451 g/mol. The Morgan fingerprint density at radius 1 is 1.00 bits per heavy atom. The predicted octanol–water partition coefficient (Wildman–Crippen LogP) is 6.70. The molecule has 162 valence electrons. The molecule has 2 aromatic carbocycles. The van der Waals surface area contributed by atoms with Crippen LogP contribution in [0.15, 0.2) is 42.5 Å². The van der Waals surface area contributed by atoms with Crippen molar-refractivity contribution in [1.82, 2.24) is 4.90 Å². The molecular weight excluding hydrogens is 425 g/mol. The van der Waals surface area contributed by atoms with Gasteiger partial charge in [0.15, 0.2) is 0 Å². The SMILES string of the molecule is CC(C)(C)OC(=O)N1CCC(OCc2cc(Cl)cc(Oc3ccc(Cl)cc3)c2)CC1. The van der Waals surface area contributed by atoms with E-state index in [0.29, 0.717) is 41.2 Å². The molecule has 30 heavy (non-hydrogen) atoms. The van der Waals surface area contributed by atoms with E-state index < -0.39 is 5.60 Å². The first kappa shape index (κ1) is 22.7. The quantitative estimate of drug-likeness (QED) is 0.507. The number of carbonyl (C=O) groups is 1. The summed E-state index contributed by atoms with van der Waals surface area (Å²) in [6.45, 7) is 7.29. The average Bonchev–Trinajstić information content (AvgIpc) is 2.67. The number of piperidine rings is 1. The number of nitrogens with zero attached hydrogens (tertiary/aromatic N) is 1. The van der Waals surface area contributed by atoms with Gasteiger partial charge in [0, 0.05) is 23.1 Å². The maximum atomic E-state index is 12.2. The molecule has 3 rings (SSSR count). The molecule has 0 N–H and O–H groups in total. The fourth-order valence-electron chi connectivity index (χ4n) is 3.15. The number of benzene rings is 2. The summed E-state index contributed by atoms with van der Waals surface area (Å²) in [6.07, 6.45) is 1.37. The van der Waals surface area contributed by atoms with E-state index in [1.807, 2.05) is 32.9 Å². The summed E-state index contributed by atoms with van der Waals surface area (Å²) in [4.78, 5) is 13.9. The van der Waals surface area contributed by atoms with E-state index in [1.54, 1.807) is 35.2 Å². The Hall–Kier alpha value is -1.95. The van der Waals surface area contributed by atoms with Crippen LogP contribution in [0.25, 0.3) is 0 Å². The Kier molecular flexibility index (Phi) is 7.50. The number of hydrogen-bond donors (Lipinski definition) is 0. The van der Waals surface area contributed by atoms with Crippen molar-refractivity contribution in [2.45, 2.75) is 51.9 Å². The van der Waals surface area contributed by atoms with Gasteiger partial charge in [-0.15, -0.1) is 0 Å². The van der Waals surface area contributed by atoms with Crippen molar-refractivity contribution in [1.29, 1.82) is 0 Å². The largest absolute Gasteiger partial charge is 0.457 e. The van der Waals surface area contributed by atoms with Gasteiger partial charge in [-0.05, 0) is 81.6 Å². The van der Waals surface area contributed by atoms with E-state index in [1.165, 1.54) is 0 Å². The van der Waals surface area contributed by atoms with Gasteiger partial charge in [-0.1, -0.05) is 23.2 Å². The van der Waals surface area contributed by atoms with E-state index in [-0.39, 0.29) is 12.2 Å². The first-order valence-electron chi connectivity index (χ1n) is 10.0. The summed E-state index contributed by atoms with van der Waals surface area (Å²) in [5.41, 5.74) is 0.448. The third kappa shape index (κ3) is 7.08. The first-order valence-corrected chi connectivity index (χ1v) is 10.8. The van der Waals surface area contributed by atoms with Crippen molar-refractivity contribution in [3.63, 3.8) is 0 Å². The molecular formula is C23H27Cl2NO4. The van der Waals surface area contributed by atoms with Crippen molar-refractivity contribution in [3.05, 3.63) is 58.1 Å². The molecule has 1 amide bonds. The number of hydrogen-bond acceptors (Lipinski definition) is 4. The minimum atomic E-state index is -0.483. The molecule has 0 aromatic heterocycles. The van der Waals surface area contributed by atoms with Crippen molar-refractivity contribution in [3.8, 4) is 11.5 Å². The summed E-state index contributed by atoms with van der Waals surface area (Å²) in [5.74, 6) is 1.33. The van der Waals surface area contributed by atoms with Crippen LogP contribution in [0.3, 0.4) is 0 Å². The number of amides is 1. The standard InChI is InChI=1S/C23H27Cl2NO4/c1-23(2,3)30-22(27)26-10-8-19(9-11-26)28-15-16-12-18(25)14-21(13-16)29-20-6-4-17(24)5-7-20/h4-7,12-14,19H,8-11,15H2,1-3H3. The second kappa shape index (κ2) is 9.90. The van der Waals surface area contributed by atoms with Gasteiger partial charge in [-0.25, -0.2) is 4.79 Å². The van der Waals surface area contributed by atoms with Crippen LogP contribution in [0, 0.1) is 0 Å². The van der Waals surface area contributed by atoms with Gasteiger partial charge in [0.2, 0.25) is 0 Å². The molecule has 0 spiro atoms. The smallest absolute Gasteiger partial charge is 0.410 e. The van der Waals surface area contributed by atoms with Crippen molar-refractivity contribution < 1.29 is 19.0 Å². The van der Waals surface area contributed by atoms with Crippen molar-refractivity contribution >= 4 is 29.3 Å². The van der Waals surface area contributed by atoms with E-state index >= 15 is 0 Å². The molecule has 5 nitrogen and oxygen atoms in total. The second-order valence-corrected chi connectivity index (χ2v) is 9.20. The summed E-state index contributed by atoms with van der Waals surface area (Å²) < 4.78 is 17.4. The number of halogens is 2. The predicted molar refractivity (Wildman–Crippen MR) is 119 cm³/mol. The molecule has 0 atom stereocenters. The lowest BCUT2D eigenvalue weighted by molar-refractivity contribution is -0.0170. The third-order valence-electron chi connectivity index (χ3n) is 4.56. The molecule has 1 fully saturated rings. The Morgan fingerprint density at radius 3 is 2.30 bits per heavy atom. The van der Waals surface area contributed by atoms with Gasteiger partial charge in [-0.2, -0.15) is 0 Å². The van der Waals surface area contributed by atoms with Gasteiger partial charge < -0.3 is 19.1 Å². The highest BCUT2D eigenvalue weighted by Crippen LogP contribution is 2.28. The first-order chi connectivity index (χ1) is 14.2. The molecule has 2 aromatic rings. The van der Waals surface area contributed by atoms with Crippen LogP contribution < -0.4 is 4.74 Å². The fraction of sp³-hybridized carbons (Fsp3) is 0.435. The molecule has 0 radical (unpaired) electrons. The Labute approximate surface area is 187 Å². The summed E-state index contributed by atoms with van der Waals surface area (Å²) >= 11 is 12.2. The molecule has 0 unspecified atom stereocenters. The van der Waals surface area contributed by atoms with E-state index in [9.17, 15) is 4.79 Å². The summed E-state index contributed by atoms with van der Waals surface area (Å²) in [5, 5.41) is 1.24. The number of likely N-dealkylation sites (tertiary alicyclic amines) is 1. The number of ether oxygens (including phenoxy) is 3. The number of rotatable bonds is 5. The topological polar surface area (TPSA) is 48.0 Å². The van der Waals surface area contributed by atoms with Crippen molar-refractivity contribution in [2.24, 2.45) is 0 Å². The van der Waals surface area contributed by atoms with Crippen molar-refractivity contribution in [2.75, 3.05) is 13.1 Å². The van der Waals surface area contributed by atoms with Crippen LogP contribution >= 0.6 is 23.2 Å².